The second-order valence-electron chi connectivity index (χ2n) is 4.06. The monoisotopic (exact) mass is 252 g/mol. The van der Waals surface area contributed by atoms with E-state index in [1.807, 2.05) is 13.8 Å². The zero-order valence-electron chi connectivity index (χ0n) is 9.59. The van der Waals surface area contributed by atoms with Crippen molar-refractivity contribution in [1.29, 1.82) is 0 Å². The van der Waals surface area contributed by atoms with Crippen molar-refractivity contribution in [1.82, 2.24) is 15.1 Å². The lowest BCUT2D eigenvalue weighted by atomic mass is 10.1. The molecule has 0 fully saturated rings. The maximum absolute atomic E-state index is 5.99. The molecule has 2 rings (SSSR count). The predicted molar refractivity (Wildman–Crippen MR) is 64.3 cm³/mol. The van der Waals surface area contributed by atoms with Gasteiger partial charge >= 0.3 is 0 Å². The van der Waals surface area contributed by atoms with E-state index in [1.54, 1.807) is 18.3 Å². The first-order valence-electron chi connectivity index (χ1n) is 5.29. The van der Waals surface area contributed by atoms with E-state index in [2.05, 4.69) is 15.1 Å². The molecule has 0 aliphatic rings. The summed E-state index contributed by atoms with van der Waals surface area (Å²) in [4.78, 5) is 8.32. The fourth-order valence-electron chi connectivity index (χ4n) is 1.30. The van der Waals surface area contributed by atoms with Gasteiger partial charge in [-0.15, -0.1) is 0 Å². The SMILES string of the molecule is CC(C)[C@@H](N)c1nc(-c2ncccc2Cl)no1. The number of rotatable bonds is 3. The van der Waals surface area contributed by atoms with Crippen LogP contribution >= 0.6 is 11.6 Å². The number of aromatic nitrogens is 3. The Morgan fingerprint density at radius 1 is 1.41 bits per heavy atom. The highest BCUT2D eigenvalue weighted by Gasteiger charge is 2.19. The number of hydrogen-bond acceptors (Lipinski definition) is 5. The quantitative estimate of drug-likeness (QED) is 0.908. The van der Waals surface area contributed by atoms with Gasteiger partial charge in [-0.1, -0.05) is 30.6 Å². The van der Waals surface area contributed by atoms with Gasteiger partial charge in [-0.2, -0.15) is 4.98 Å². The van der Waals surface area contributed by atoms with Crippen LogP contribution in [0.25, 0.3) is 11.5 Å². The molecule has 0 bridgehead atoms. The van der Waals surface area contributed by atoms with E-state index in [-0.39, 0.29) is 12.0 Å². The van der Waals surface area contributed by atoms with Gasteiger partial charge in [0.1, 0.15) is 5.69 Å². The third-order valence-corrected chi connectivity index (χ3v) is 2.72. The maximum Gasteiger partial charge on any atom is 0.244 e. The molecule has 0 aliphatic heterocycles. The average molecular weight is 253 g/mol. The van der Waals surface area contributed by atoms with Crippen LogP contribution in [0.3, 0.4) is 0 Å². The summed E-state index contributed by atoms with van der Waals surface area (Å²) in [5.74, 6) is 0.987. The molecule has 0 saturated heterocycles. The van der Waals surface area contributed by atoms with Crippen LogP contribution in [-0.2, 0) is 0 Å². The first-order valence-corrected chi connectivity index (χ1v) is 5.67. The summed E-state index contributed by atoms with van der Waals surface area (Å²) in [6.45, 7) is 3.98. The van der Waals surface area contributed by atoms with E-state index in [4.69, 9.17) is 21.9 Å². The summed E-state index contributed by atoms with van der Waals surface area (Å²) >= 11 is 5.99. The molecule has 0 aromatic carbocycles. The second-order valence-corrected chi connectivity index (χ2v) is 4.47. The van der Waals surface area contributed by atoms with Gasteiger partial charge in [0.05, 0.1) is 11.1 Å². The highest BCUT2D eigenvalue weighted by atomic mass is 35.5. The molecule has 6 heteroatoms. The Morgan fingerprint density at radius 2 is 2.18 bits per heavy atom. The van der Waals surface area contributed by atoms with Gasteiger partial charge in [-0.25, -0.2) is 0 Å². The van der Waals surface area contributed by atoms with E-state index in [9.17, 15) is 0 Å². The Morgan fingerprint density at radius 3 is 2.82 bits per heavy atom. The smallest absolute Gasteiger partial charge is 0.244 e. The molecule has 2 aromatic rings. The van der Waals surface area contributed by atoms with E-state index in [1.165, 1.54) is 0 Å². The van der Waals surface area contributed by atoms with E-state index < -0.39 is 0 Å². The van der Waals surface area contributed by atoms with Crippen molar-refractivity contribution < 1.29 is 4.52 Å². The third kappa shape index (κ3) is 2.45. The molecule has 17 heavy (non-hydrogen) atoms. The Bertz CT molecular complexity index is 512. The van der Waals surface area contributed by atoms with Crippen LogP contribution in [-0.4, -0.2) is 15.1 Å². The summed E-state index contributed by atoms with van der Waals surface area (Å²) in [6.07, 6.45) is 1.62. The highest BCUT2D eigenvalue weighted by Crippen LogP contribution is 2.24. The summed E-state index contributed by atoms with van der Waals surface area (Å²) in [6, 6.07) is 3.19. The molecule has 0 amide bonds. The molecule has 0 unspecified atom stereocenters. The molecule has 2 heterocycles. The van der Waals surface area contributed by atoms with Crippen molar-refractivity contribution in [2.75, 3.05) is 0 Å². The number of pyridine rings is 1. The van der Waals surface area contributed by atoms with Crippen LogP contribution in [0.5, 0.6) is 0 Å². The van der Waals surface area contributed by atoms with Gasteiger partial charge in [0.25, 0.3) is 0 Å². The van der Waals surface area contributed by atoms with Crippen molar-refractivity contribution in [2.24, 2.45) is 11.7 Å². The Labute approximate surface area is 104 Å². The Hall–Kier alpha value is -1.46. The van der Waals surface area contributed by atoms with Crippen molar-refractivity contribution in [2.45, 2.75) is 19.9 Å². The van der Waals surface area contributed by atoms with Gasteiger partial charge in [0.2, 0.25) is 11.7 Å². The summed E-state index contributed by atoms with van der Waals surface area (Å²) < 4.78 is 5.11. The number of halogens is 1. The van der Waals surface area contributed by atoms with Crippen molar-refractivity contribution in [3.8, 4) is 11.5 Å². The molecule has 5 nitrogen and oxygen atoms in total. The molecule has 1 atom stereocenters. The minimum Gasteiger partial charge on any atom is -0.337 e. The summed E-state index contributed by atoms with van der Waals surface area (Å²) in [5.41, 5.74) is 6.42. The zero-order chi connectivity index (χ0) is 12.4. The van der Waals surface area contributed by atoms with Crippen LogP contribution in [0, 0.1) is 5.92 Å². The molecule has 2 N–H and O–H groups in total. The first-order chi connectivity index (χ1) is 8.09. The van der Waals surface area contributed by atoms with Crippen LogP contribution in [0.15, 0.2) is 22.9 Å². The zero-order valence-corrected chi connectivity index (χ0v) is 10.3. The maximum atomic E-state index is 5.99. The summed E-state index contributed by atoms with van der Waals surface area (Å²) in [7, 11) is 0. The highest BCUT2D eigenvalue weighted by molar-refractivity contribution is 6.32. The van der Waals surface area contributed by atoms with Crippen LogP contribution in [0.2, 0.25) is 5.02 Å². The molecule has 2 aromatic heterocycles. The largest absolute Gasteiger partial charge is 0.337 e. The molecular weight excluding hydrogens is 240 g/mol. The lowest BCUT2D eigenvalue weighted by molar-refractivity contribution is 0.325. The van der Waals surface area contributed by atoms with Crippen LogP contribution < -0.4 is 5.73 Å². The first kappa shape index (κ1) is 12.0. The number of nitrogens with two attached hydrogens (primary N) is 1. The standard InChI is InChI=1S/C11H13ClN4O/c1-6(2)8(13)11-15-10(16-17-11)9-7(12)4-3-5-14-9/h3-6,8H,13H2,1-2H3/t8-/m1/s1. The van der Waals surface area contributed by atoms with Crippen molar-refractivity contribution in [3.05, 3.63) is 29.2 Å². The number of nitrogens with zero attached hydrogens (tertiary/aromatic N) is 3. The normalized spacial score (nSPS) is 13.0. The van der Waals surface area contributed by atoms with Crippen LogP contribution in [0.4, 0.5) is 0 Å². The van der Waals surface area contributed by atoms with Crippen molar-refractivity contribution >= 4 is 11.6 Å². The lowest BCUT2D eigenvalue weighted by Gasteiger charge is -2.09. The van der Waals surface area contributed by atoms with E-state index >= 15 is 0 Å². The Kier molecular flexibility index (Phi) is 3.40. The van der Waals surface area contributed by atoms with Gasteiger partial charge in [-0.05, 0) is 18.1 Å². The molecule has 90 valence electrons. The van der Waals surface area contributed by atoms with Gasteiger partial charge < -0.3 is 10.3 Å². The fraction of sp³-hybridized carbons (Fsp3) is 0.364. The average Bonchev–Trinajstić information content (AvgIpc) is 2.77. The predicted octanol–water partition coefficient (Wildman–Crippen LogP) is 2.44. The third-order valence-electron chi connectivity index (χ3n) is 2.42. The van der Waals surface area contributed by atoms with Gasteiger partial charge in [0, 0.05) is 6.20 Å². The molecular formula is C11H13ClN4O. The Balaban J connectivity index is 2.34. The molecule has 0 radical (unpaired) electrons. The molecule has 0 aliphatic carbocycles. The topological polar surface area (TPSA) is 77.8 Å². The van der Waals surface area contributed by atoms with E-state index in [0.29, 0.717) is 22.4 Å². The van der Waals surface area contributed by atoms with Gasteiger partial charge in [0.15, 0.2) is 0 Å². The van der Waals surface area contributed by atoms with Crippen LogP contribution in [0.1, 0.15) is 25.8 Å². The van der Waals surface area contributed by atoms with Crippen molar-refractivity contribution in [3.63, 3.8) is 0 Å². The van der Waals surface area contributed by atoms with E-state index in [0.717, 1.165) is 0 Å². The number of hydrogen-bond donors (Lipinski definition) is 1. The molecule has 0 spiro atoms. The lowest BCUT2D eigenvalue weighted by Crippen LogP contribution is -2.16. The second kappa shape index (κ2) is 4.81. The fourth-order valence-corrected chi connectivity index (χ4v) is 1.51. The summed E-state index contributed by atoms with van der Waals surface area (Å²) in [5, 5.41) is 4.32. The van der Waals surface area contributed by atoms with Gasteiger partial charge in [-0.3, -0.25) is 4.98 Å². The minimum absolute atomic E-state index is 0.225. The molecule has 0 saturated carbocycles. The minimum atomic E-state index is -0.279.